The van der Waals surface area contributed by atoms with Crippen molar-refractivity contribution < 1.29 is 9.18 Å². The van der Waals surface area contributed by atoms with Gasteiger partial charge in [0.1, 0.15) is 5.82 Å². The fraction of sp³-hybridized carbons (Fsp3) is 0.357. The first kappa shape index (κ1) is 14.4. The van der Waals surface area contributed by atoms with Gasteiger partial charge in [0.25, 0.3) is 0 Å². The normalized spacial score (nSPS) is 11.1. The van der Waals surface area contributed by atoms with E-state index in [1.54, 1.807) is 18.2 Å². The fourth-order valence-electron chi connectivity index (χ4n) is 1.44. The molecule has 1 amide bonds. The van der Waals surface area contributed by atoms with Gasteiger partial charge in [-0.25, -0.2) is 4.39 Å². The standard InChI is InChI=1S/C14H19FN2O/c1-17(2)11-5-10-16-14(18)9-8-12-6-3-4-7-13(12)15/h3-4,6-9H,5,10-11H2,1-2H3,(H,16,18). The molecule has 18 heavy (non-hydrogen) atoms. The van der Waals surface area contributed by atoms with Gasteiger partial charge in [-0.05, 0) is 39.2 Å². The summed E-state index contributed by atoms with van der Waals surface area (Å²) < 4.78 is 13.2. The first-order valence-electron chi connectivity index (χ1n) is 5.95. The molecule has 1 N–H and O–H groups in total. The van der Waals surface area contributed by atoms with Crippen LogP contribution in [0.2, 0.25) is 0 Å². The molecule has 0 bridgehead atoms. The minimum absolute atomic E-state index is 0.197. The Kier molecular flexibility index (Phi) is 6.08. The van der Waals surface area contributed by atoms with Crippen molar-refractivity contribution in [2.24, 2.45) is 0 Å². The molecular formula is C14H19FN2O. The Morgan fingerprint density at radius 3 is 2.78 bits per heavy atom. The van der Waals surface area contributed by atoms with E-state index < -0.39 is 0 Å². The van der Waals surface area contributed by atoms with Gasteiger partial charge in [-0.1, -0.05) is 18.2 Å². The third kappa shape index (κ3) is 5.59. The average Bonchev–Trinajstić information content (AvgIpc) is 2.33. The number of hydrogen-bond acceptors (Lipinski definition) is 2. The lowest BCUT2D eigenvalue weighted by atomic mass is 10.2. The van der Waals surface area contributed by atoms with Crippen molar-refractivity contribution >= 4 is 12.0 Å². The summed E-state index contributed by atoms with van der Waals surface area (Å²) in [5.74, 6) is -0.522. The quantitative estimate of drug-likeness (QED) is 0.618. The topological polar surface area (TPSA) is 32.3 Å². The number of nitrogens with one attached hydrogen (secondary N) is 1. The molecule has 0 aliphatic carbocycles. The zero-order valence-electron chi connectivity index (χ0n) is 10.8. The molecule has 1 aromatic carbocycles. The van der Waals surface area contributed by atoms with Gasteiger partial charge in [0.15, 0.2) is 0 Å². The van der Waals surface area contributed by atoms with E-state index in [9.17, 15) is 9.18 Å². The summed E-state index contributed by atoms with van der Waals surface area (Å²) in [6, 6.07) is 6.35. The number of carbonyl (C=O) groups is 1. The number of hydrogen-bond donors (Lipinski definition) is 1. The molecule has 0 saturated heterocycles. The van der Waals surface area contributed by atoms with Crippen LogP contribution < -0.4 is 5.32 Å². The molecule has 0 atom stereocenters. The van der Waals surface area contributed by atoms with Crippen molar-refractivity contribution in [3.63, 3.8) is 0 Å². The number of nitrogens with zero attached hydrogens (tertiary/aromatic N) is 1. The van der Waals surface area contributed by atoms with Crippen LogP contribution in [0, 0.1) is 5.82 Å². The lowest BCUT2D eigenvalue weighted by Gasteiger charge is -2.08. The van der Waals surface area contributed by atoms with Gasteiger partial charge in [0.05, 0.1) is 0 Å². The van der Waals surface area contributed by atoms with Crippen molar-refractivity contribution in [1.29, 1.82) is 0 Å². The van der Waals surface area contributed by atoms with Crippen LogP contribution in [0.1, 0.15) is 12.0 Å². The largest absolute Gasteiger partial charge is 0.353 e. The monoisotopic (exact) mass is 250 g/mol. The molecule has 0 saturated carbocycles. The zero-order valence-corrected chi connectivity index (χ0v) is 10.8. The van der Waals surface area contributed by atoms with E-state index in [0.29, 0.717) is 12.1 Å². The van der Waals surface area contributed by atoms with E-state index in [1.807, 2.05) is 14.1 Å². The van der Waals surface area contributed by atoms with Crippen LogP contribution in [-0.2, 0) is 4.79 Å². The predicted octanol–water partition coefficient (Wildman–Crippen LogP) is 1.91. The van der Waals surface area contributed by atoms with Crippen molar-refractivity contribution in [3.05, 3.63) is 41.7 Å². The van der Waals surface area contributed by atoms with Crippen LogP contribution in [0.15, 0.2) is 30.3 Å². The smallest absolute Gasteiger partial charge is 0.244 e. The van der Waals surface area contributed by atoms with E-state index in [2.05, 4.69) is 10.2 Å². The summed E-state index contributed by atoms with van der Waals surface area (Å²) in [4.78, 5) is 13.5. The molecule has 0 aliphatic rings. The Labute approximate surface area is 107 Å². The van der Waals surface area contributed by atoms with Gasteiger partial charge < -0.3 is 10.2 Å². The van der Waals surface area contributed by atoms with Gasteiger partial charge in [-0.2, -0.15) is 0 Å². The predicted molar refractivity (Wildman–Crippen MR) is 71.6 cm³/mol. The van der Waals surface area contributed by atoms with Crippen molar-refractivity contribution in [3.8, 4) is 0 Å². The summed E-state index contributed by atoms with van der Waals surface area (Å²) in [6.07, 6.45) is 3.73. The van der Waals surface area contributed by atoms with Crippen molar-refractivity contribution in [2.45, 2.75) is 6.42 Å². The number of halogens is 1. The lowest BCUT2D eigenvalue weighted by Crippen LogP contribution is -2.25. The summed E-state index contributed by atoms with van der Waals surface area (Å²) in [7, 11) is 3.97. The third-order valence-electron chi connectivity index (χ3n) is 2.40. The molecule has 0 radical (unpaired) electrons. The highest BCUT2D eigenvalue weighted by Gasteiger charge is 1.98. The second-order valence-electron chi connectivity index (χ2n) is 4.30. The maximum absolute atomic E-state index is 13.2. The molecular weight excluding hydrogens is 231 g/mol. The number of carbonyl (C=O) groups excluding carboxylic acids is 1. The average molecular weight is 250 g/mol. The Hall–Kier alpha value is -1.68. The number of amides is 1. The van der Waals surface area contributed by atoms with Crippen LogP contribution >= 0.6 is 0 Å². The summed E-state index contributed by atoms with van der Waals surface area (Å²) in [5.41, 5.74) is 0.418. The molecule has 1 aromatic rings. The molecule has 3 nitrogen and oxygen atoms in total. The van der Waals surface area contributed by atoms with Crippen LogP contribution in [0.4, 0.5) is 4.39 Å². The zero-order chi connectivity index (χ0) is 13.4. The molecule has 0 spiro atoms. The highest BCUT2D eigenvalue weighted by Crippen LogP contribution is 2.07. The maximum atomic E-state index is 13.2. The van der Waals surface area contributed by atoms with Crippen LogP contribution in [0.5, 0.6) is 0 Å². The Bertz CT molecular complexity index is 416. The number of rotatable bonds is 6. The van der Waals surface area contributed by atoms with E-state index in [1.165, 1.54) is 18.2 Å². The molecule has 1 rings (SSSR count). The first-order valence-corrected chi connectivity index (χ1v) is 5.95. The Morgan fingerprint density at radius 2 is 2.11 bits per heavy atom. The minimum atomic E-state index is -0.325. The van der Waals surface area contributed by atoms with E-state index in [4.69, 9.17) is 0 Å². The molecule has 4 heteroatoms. The van der Waals surface area contributed by atoms with Gasteiger partial charge in [-0.15, -0.1) is 0 Å². The highest BCUT2D eigenvalue weighted by atomic mass is 19.1. The minimum Gasteiger partial charge on any atom is -0.353 e. The Morgan fingerprint density at radius 1 is 1.39 bits per heavy atom. The molecule has 0 aliphatic heterocycles. The van der Waals surface area contributed by atoms with E-state index in [0.717, 1.165) is 13.0 Å². The second kappa shape index (κ2) is 7.61. The fourth-order valence-corrected chi connectivity index (χ4v) is 1.44. The molecule has 0 unspecified atom stereocenters. The van der Waals surface area contributed by atoms with Gasteiger partial charge in [-0.3, -0.25) is 4.79 Å². The van der Waals surface area contributed by atoms with Gasteiger partial charge >= 0.3 is 0 Å². The highest BCUT2D eigenvalue weighted by molar-refractivity contribution is 5.91. The molecule has 0 aromatic heterocycles. The van der Waals surface area contributed by atoms with Gasteiger partial charge in [0, 0.05) is 18.2 Å². The SMILES string of the molecule is CN(C)CCCNC(=O)C=Cc1ccccc1F. The third-order valence-corrected chi connectivity index (χ3v) is 2.40. The van der Waals surface area contributed by atoms with Crippen molar-refractivity contribution in [2.75, 3.05) is 27.2 Å². The van der Waals surface area contributed by atoms with Crippen LogP contribution in [0.25, 0.3) is 6.08 Å². The van der Waals surface area contributed by atoms with E-state index >= 15 is 0 Å². The lowest BCUT2D eigenvalue weighted by molar-refractivity contribution is -0.116. The maximum Gasteiger partial charge on any atom is 0.244 e. The number of benzene rings is 1. The molecule has 0 fully saturated rings. The summed E-state index contributed by atoms with van der Waals surface area (Å²) >= 11 is 0. The summed E-state index contributed by atoms with van der Waals surface area (Å²) in [6.45, 7) is 1.55. The molecule has 0 heterocycles. The second-order valence-corrected chi connectivity index (χ2v) is 4.30. The Balaban J connectivity index is 2.34. The van der Waals surface area contributed by atoms with Crippen LogP contribution in [-0.4, -0.2) is 38.0 Å². The van der Waals surface area contributed by atoms with Crippen molar-refractivity contribution in [1.82, 2.24) is 10.2 Å². The van der Waals surface area contributed by atoms with E-state index in [-0.39, 0.29) is 11.7 Å². The first-order chi connectivity index (χ1) is 8.59. The van der Waals surface area contributed by atoms with Gasteiger partial charge in [0.2, 0.25) is 5.91 Å². The summed E-state index contributed by atoms with van der Waals surface area (Å²) in [5, 5.41) is 2.75. The van der Waals surface area contributed by atoms with Crippen LogP contribution in [0.3, 0.4) is 0 Å². The molecule has 98 valence electrons.